The first-order chi connectivity index (χ1) is 9.41. The zero-order chi connectivity index (χ0) is 14.8. The summed E-state index contributed by atoms with van der Waals surface area (Å²) < 4.78 is 11.4. The second kappa shape index (κ2) is 5.97. The number of ether oxygens (including phenoxy) is 2. The third-order valence-corrected chi connectivity index (χ3v) is 3.66. The Hall–Kier alpha value is -1.33. The smallest absolute Gasteiger partial charge is 0.311 e. The van der Waals surface area contributed by atoms with Crippen molar-refractivity contribution in [2.75, 3.05) is 6.61 Å². The van der Waals surface area contributed by atoms with Gasteiger partial charge in [0, 0.05) is 11.9 Å². The van der Waals surface area contributed by atoms with Crippen LogP contribution in [-0.4, -0.2) is 23.2 Å². The van der Waals surface area contributed by atoms with Gasteiger partial charge in [-0.3, -0.25) is 10.1 Å². The first-order valence-corrected chi connectivity index (χ1v) is 7.08. The maximum absolute atomic E-state index is 11.0. The summed E-state index contributed by atoms with van der Waals surface area (Å²) in [5, 5.41) is 11.0. The minimum absolute atomic E-state index is 0.0164. The van der Waals surface area contributed by atoms with Crippen molar-refractivity contribution in [2.45, 2.75) is 44.3 Å². The SMILES string of the molecule is CC1(C)CCC(COc2ccc(CCl)cc2[N+](=O)[O-])O1. The molecule has 1 atom stereocenters. The minimum atomic E-state index is -0.454. The first kappa shape index (κ1) is 15.1. The van der Waals surface area contributed by atoms with Gasteiger partial charge in [0.2, 0.25) is 0 Å². The van der Waals surface area contributed by atoms with Crippen molar-refractivity contribution in [3.63, 3.8) is 0 Å². The normalized spacial score (nSPS) is 20.9. The Bertz CT molecular complexity index is 504. The molecular formula is C14H18ClNO4. The van der Waals surface area contributed by atoms with Gasteiger partial charge in [0.05, 0.1) is 16.6 Å². The summed E-state index contributed by atoms with van der Waals surface area (Å²) in [7, 11) is 0. The van der Waals surface area contributed by atoms with Crippen LogP contribution in [0.15, 0.2) is 18.2 Å². The van der Waals surface area contributed by atoms with Gasteiger partial charge >= 0.3 is 5.69 Å². The largest absolute Gasteiger partial charge is 0.484 e. The van der Waals surface area contributed by atoms with E-state index in [0.29, 0.717) is 12.2 Å². The standard InChI is InChI=1S/C14H18ClNO4/c1-14(2)6-5-11(20-14)9-19-13-4-3-10(8-15)7-12(13)16(17)18/h3-4,7,11H,5-6,8-9H2,1-2H3. The van der Waals surface area contributed by atoms with Crippen molar-refractivity contribution in [1.29, 1.82) is 0 Å². The molecule has 1 aromatic carbocycles. The Morgan fingerprint density at radius 2 is 2.30 bits per heavy atom. The van der Waals surface area contributed by atoms with E-state index in [1.165, 1.54) is 6.07 Å². The monoisotopic (exact) mass is 299 g/mol. The van der Waals surface area contributed by atoms with Gasteiger partial charge in [-0.2, -0.15) is 0 Å². The van der Waals surface area contributed by atoms with Crippen LogP contribution in [0, 0.1) is 10.1 Å². The molecule has 0 saturated carbocycles. The van der Waals surface area contributed by atoms with E-state index in [2.05, 4.69) is 0 Å². The Kier molecular flexibility index (Phi) is 4.50. The molecule has 1 saturated heterocycles. The van der Waals surface area contributed by atoms with Crippen LogP contribution >= 0.6 is 11.6 Å². The molecular weight excluding hydrogens is 282 g/mol. The molecule has 5 nitrogen and oxygen atoms in total. The number of alkyl halides is 1. The molecule has 1 aliphatic heterocycles. The summed E-state index contributed by atoms with van der Waals surface area (Å²) >= 11 is 5.68. The molecule has 1 fully saturated rings. The van der Waals surface area contributed by atoms with E-state index in [1.807, 2.05) is 13.8 Å². The van der Waals surface area contributed by atoms with Crippen LogP contribution in [0.1, 0.15) is 32.3 Å². The van der Waals surface area contributed by atoms with Gasteiger partial charge in [-0.15, -0.1) is 11.6 Å². The summed E-state index contributed by atoms with van der Waals surface area (Å²) in [6.45, 7) is 4.39. The lowest BCUT2D eigenvalue weighted by molar-refractivity contribution is -0.386. The number of hydrogen-bond acceptors (Lipinski definition) is 4. The second-order valence-electron chi connectivity index (χ2n) is 5.54. The van der Waals surface area contributed by atoms with E-state index in [4.69, 9.17) is 21.1 Å². The average molecular weight is 300 g/mol. The third-order valence-electron chi connectivity index (χ3n) is 3.35. The van der Waals surface area contributed by atoms with Crippen molar-refractivity contribution < 1.29 is 14.4 Å². The van der Waals surface area contributed by atoms with E-state index in [1.54, 1.807) is 12.1 Å². The van der Waals surface area contributed by atoms with Crippen LogP contribution in [0.25, 0.3) is 0 Å². The van der Waals surface area contributed by atoms with Gasteiger partial charge in [-0.25, -0.2) is 0 Å². The summed E-state index contributed by atoms with van der Waals surface area (Å²) in [6.07, 6.45) is 1.85. The Morgan fingerprint density at radius 3 is 2.85 bits per heavy atom. The molecule has 6 heteroatoms. The molecule has 20 heavy (non-hydrogen) atoms. The van der Waals surface area contributed by atoms with Crippen LogP contribution in [0.2, 0.25) is 0 Å². The Morgan fingerprint density at radius 1 is 1.55 bits per heavy atom. The molecule has 0 bridgehead atoms. The van der Waals surface area contributed by atoms with Crippen molar-refractivity contribution in [1.82, 2.24) is 0 Å². The molecule has 0 spiro atoms. The van der Waals surface area contributed by atoms with Crippen LogP contribution < -0.4 is 4.74 Å². The number of rotatable bonds is 5. The fourth-order valence-corrected chi connectivity index (χ4v) is 2.45. The quantitative estimate of drug-likeness (QED) is 0.473. The van der Waals surface area contributed by atoms with E-state index in [0.717, 1.165) is 12.8 Å². The predicted molar refractivity (Wildman–Crippen MR) is 76.3 cm³/mol. The molecule has 1 unspecified atom stereocenters. The summed E-state index contributed by atoms with van der Waals surface area (Å²) in [6, 6.07) is 4.77. The highest BCUT2D eigenvalue weighted by molar-refractivity contribution is 6.17. The summed E-state index contributed by atoms with van der Waals surface area (Å²) in [5.41, 5.74) is 0.506. The predicted octanol–water partition coefficient (Wildman–Crippen LogP) is 3.67. The number of halogens is 1. The van der Waals surface area contributed by atoms with Gasteiger partial charge in [0.1, 0.15) is 6.61 Å². The molecule has 1 heterocycles. The zero-order valence-electron chi connectivity index (χ0n) is 11.6. The number of nitrogens with zero attached hydrogens (tertiary/aromatic N) is 1. The maximum atomic E-state index is 11.0. The molecule has 0 N–H and O–H groups in total. The molecule has 110 valence electrons. The van der Waals surface area contributed by atoms with Crippen LogP contribution in [0.3, 0.4) is 0 Å². The topological polar surface area (TPSA) is 61.6 Å². The third kappa shape index (κ3) is 3.61. The van der Waals surface area contributed by atoms with Crippen LogP contribution in [0.4, 0.5) is 5.69 Å². The van der Waals surface area contributed by atoms with Crippen molar-refractivity contribution >= 4 is 17.3 Å². The Balaban J connectivity index is 2.04. The van der Waals surface area contributed by atoms with Crippen molar-refractivity contribution in [2.24, 2.45) is 0 Å². The van der Waals surface area contributed by atoms with Gasteiger partial charge in [-0.1, -0.05) is 6.07 Å². The number of hydrogen-bond donors (Lipinski definition) is 0. The number of nitro benzene ring substituents is 1. The highest BCUT2D eigenvalue weighted by Crippen LogP contribution is 2.32. The lowest BCUT2D eigenvalue weighted by Gasteiger charge is -2.19. The van der Waals surface area contributed by atoms with E-state index < -0.39 is 4.92 Å². The highest BCUT2D eigenvalue weighted by Gasteiger charge is 2.32. The minimum Gasteiger partial charge on any atom is -0.484 e. The van der Waals surface area contributed by atoms with Crippen molar-refractivity contribution in [3.8, 4) is 5.75 Å². The summed E-state index contributed by atoms with van der Waals surface area (Å²) in [5.74, 6) is 0.498. The van der Waals surface area contributed by atoms with Gasteiger partial charge in [0.15, 0.2) is 5.75 Å². The molecule has 1 aliphatic rings. The van der Waals surface area contributed by atoms with E-state index in [-0.39, 0.29) is 29.0 Å². The van der Waals surface area contributed by atoms with Gasteiger partial charge in [-0.05, 0) is 38.3 Å². The lowest BCUT2D eigenvalue weighted by atomic mass is 10.1. The van der Waals surface area contributed by atoms with Gasteiger partial charge < -0.3 is 9.47 Å². The van der Waals surface area contributed by atoms with Gasteiger partial charge in [0.25, 0.3) is 0 Å². The lowest BCUT2D eigenvalue weighted by Crippen LogP contribution is -2.24. The molecule has 2 rings (SSSR count). The number of benzene rings is 1. The molecule has 0 aliphatic carbocycles. The summed E-state index contributed by atoms with van der Waals surface area (Å²) in [4.78, 5) is 10.6. The van der Waals surface area contributed by atoms with Crippen LogP contribution in [-0.2, 0) is 10.6 Å². The number of nitro groups is 1. The Labute approximate surface area is 123 Å². The first-order valence-electron chi connectivity index (χ1n) is 6.55. The highest BCUT2D eigenvalue weighted by atomic mass is 35.5. The van der Waals surface area contributed by atoms with Crippen molar-refractivity contribution in [3.05, 3.63) is 33.9 Å². The van der Waals surface area contributed by atoms with Crippen LogP contribution in [0.5, 0.6) is 5.75 Å². The van der Waals surface area contributed by atoms with E-state index >= 15 is 0 Å². The molecule has 1 aromatic rings. The second-order valence-corrected chi connectivity index (χ2v) is 5.81. The molecule has 0 radical (unpaired) electrons. The zero-order valence-corrected chi connectivity index (χ0v) is 12.4. The fourth-order valence-electron chi connectivity index (χ4n) is 2.29. The molecule has 0 aromatic heterocycles. The molecule has 0 amide bonds. The fraction of sp³-hybridized carbons (Fsp3) is 0.571. The average Bonchev–Trinajstić information content (AvgIpc) is 2.75. The van der Waals surface area contributed by atoms with E-state index in [9.17, 15) is 10.1 Å². The maximum Gasteiger partial charge on any atom is 0.311 e.